The van der Waals surface area contributed by atoms with Crippen LogP contribution in [0.25, 0.3) is 0 Å². The molecule has 2 nitrogen and oxygen atoms in total. The Morgan fingerprint density at radius 3 is 2.54 bits per heavy atom. The second-order valence-electron chi connectivity index (χ2n) is 5.93. The zero-order chi connectivity index (χ0) is 18.1. The molecule has 1 aromatic carbocycles. The first-order valence-corrected chi connectivity index (χ1v) is 8.83. The van der Waals surface area contributed by atoms with Crippen molar-refractivity contribution in [1.29, 1.82) is 0 Å². The predicted molar refractivity (Wildman–Crippen MR) is 82.6 cm³/mol. The number of rotatable bonds is 5. The van der Waals surface area contributed by atoms with Crippen molar-refractivity contribution in [2.75, 3.05) is 25.2 Å². The molecule has 1 saturated heterocycles. The fourth-order valence-corrected chi connectivity index (χ4v) is 3.08. The van der Waals surface area contributed by atoms with Gasteiger partial charge in [0, 0.05) is 23.2 Å². The number of hydrogen-bond acceptors (Lipinski definition) is 3. The first kappa shape index (κ1) is 19.3. The van der Waals surface area contributed by atoms with Crippen LogP contribution in [0.3, 0.4) is 0 Å². The molecule has 24 heavy (non-hydrogen) atoms. The summed E-state index contributed by atoms with van der Waals surface area (Å²) < 4.78 is 77.9. The van der Waals surface area contributed by atoms with E-state index in [9.17, 15) is 22.0 Å². The zero-order valence-electron chi connectivity index (χ0n) is 13.5. The number of halogens is 5. The number of ether oxygens (including phenoxy) is 2. The third-order valence-electron chi connectivity index (χ3n) is 4.61. The molecule has 1 aromatic rings. The van der Waals surface area contributed by atoms with E-state index in [-0.39, 0.29) is 24.5 Å². The van der Waals surface area contributed by atoms with Crippen LogP contribution in [0.1, 0.15) is 25.3 Å². The van der Waals surface area contributed by atoms with E-state index in [1.54, 1.807) is 0 Å². The molecule has 1 fully saturated rings. The van der Waals surface area contributed by atoms with Gasteiger partial charge in [0.25, 0.3) is 0 Å². The van der Waals surface area contributed by atoms with Crippen LogP contribution in [-0.4, -0.2) is 37.0 Å². The number of thioether (sulfide) groups is 1. The maximum Gasteiger partial charge on any atom is 0.417 e. The minimum Gasteiger partial charge on any atom is -0.489 e. The highest BCUT2D eigenvalue weighted by molar-refractivity contribution is 7.98. The Bertz CT molecular complexity index is 593. The van der Waals surface area contributed by atoms with Crippen molar-refractivity contribution in [3.8, 4) is 5.75 Å². The van der Waals surface area contributed by atoms with Gasteiger partial charge in [0.15, 0.2) is 17.2 Å². The second-order valence-corrected chi connectivity index (χ2v) is 6.92. The molecule has 3 atom stereocenters. The van der Waals surface area contributed by atoms with Gasteiger partial charge in [-0.1, -0.05) is 13.0 Å². The van der Waals surface area contributed by atoms with Gasteiger partial charge >= 0.3 is 6.18 Å². The minimum atomic E-state index is -4.56. The number of benzene rings is 1. The molecule has 0 aliphatic carbocycles. The quantitative estimate of drug-likeness (QED) is 0.549. The topological polar surface area (TPSA) is 18.5 Å². The summed E-state index contributed by atoms with van der Waals surface area (Å²) in [6.07, 6.45) is -2.73. The minimum absolute atomic E-state index is 0.132. The lowest BCUT2D eigenvalue weighted by molar-refractivity contribution is -0.266. The van der Waals surface area contributed by atoms with Gasteiger partial charge in [-0.2, -0.15) is 29.3 Å². The average Bonchev–Trinajstić information content (AvgIpc) is 2.81. The molecule has 0 radical (unpaired) electrons. The molecule has 1 aliphatic rings. The summed E-state index contributed by atoms with van der Waals surface area (Å²) in [7, 11) is 0. The standard InChI is InChI=1S/C16H19F5O2S/c1-9-11(8-23-15(9,2)16(19,20)21)10-4-5-12(17)13(18)14(10)22-6-7-24-3/h4-5,9,11H,6-8H2,1-3H3/t9-,11-,15+/m0/s1. The SMILES string of the molecule is CSCCOc1c([C@H]2CO[C@@](C)(C(F)(F)F)[C@H]2C)ccc(F)c1F. The van der Waals surface area contributed by atoms with E-state index in [0.29, 0.717) is 5.75 Å². The first-order valence-electron chi connectivity index (χ1n) is 7.43. The van der Waals surface area contributed by atoms with Crippen molar-refractivity contribution in [2.24, 2.45) is 5.92 Å². The molecule has 136 valence electrons. The average molecular weight is 370 g/mol. The van der Waals surface area contributed by atoms with Gasteiger partial charge in [0.1, 0.15) is 0 Å². The predicted octanol–water partition coefficient (Wildman–Crippen LogP) is 4.78. The van der Waals surface area contributed by atoms with Crippen LogP contribution in [0, 0.1) is 17.6 Å². The Hall–Kier alpha value is -1.02. The van der Waals surface area contributed by atoms with Gasteiger partial charge in [-0.3, -0.25) is 0 Å². The summed E-state index contributed by atoms with van der Waals surface area (Å²) in [5.41, 5.74) is -2.13. The molecule has 0 amide bonds. The molecule has 0 N–H and O–H groups in total. The highest BCUT2D eigenvalue weighted by atomic mass is 32.2. The highest BCUT2D eigenvalue weighted by Crippen LogP contribution is 2.51. The van der Waals surface area contributed by atoms with Crippen LogP contribution in [0.5, 0.6) is 5.75 Å². The monoisotopic (exact) mass is 370 g/mol. The van der Waals surface area contributed by atoms with Gasteiger partial charge in [-0.15, -0.1) is 0 Å². The maximum absolute atomic E-state index is 14.1. The Balaban J connectivity index is 2.37. The molecule has 8 heteroatoms. The van der Waals surface area contributed by atoms with E-state index in [1.165, 1.54) is 24.8 Å². The molecule has 2 rings (SSSR count). The molecule has 1 aliphatic heterocycles. The normalized spacial score (nSPS) is 27.5. The largest absolute Gasteiger partial charge is 0.489 e. The lowest BCUT2D eigenvalue weighted by Gasteiger charge is -2.32. The Morgan fingerprint density at radius 1 is 1.33 bits per heavy atom. The highest BCUT2D eigenvalue weighted by Gasteiger charge is 2.61. The van der Waals surface area contributed by atoms with E-state index in [2.05, 4.69) is 0 Å². The third-order valence-corrected chi connectivity index (χ3v) is 5.19. The molecule has 1 heterocycles. The second kappa shape index (κ2) is 7.07. The van der Waals surface area contributed by atoms with Crippen molar-refractivity contribution in [1.82, 2.24) is 0 Å². The van der Waals surface area contributed by atoms with Crippen LogP contribution >= 0.6 is 11.8 Å². The van der Waals surface area contributed by atoms with Crippen molar-refractivity contribution in [3.05, 3.63) is 29.3 Å². The summed E-state index contributed by atoms with van der Waals surface area (Å²) in [6.45, 7) is 2.28. The summed E-state index contributed by atoms with van der Waals surface area (Å²) in [5, 5.41) is 0. The Kier molecular flexibility index (Phi) is 5.69. The summed E-state index contributed by atoms with van der Waals surface area (Å²) in [6, 6.07) is 2.18. The van der Waals surface area contributed by atoms with Crippen LogP contribution < -0.4 is 4.74 Å². The van der Waals surface area contributed by atoms with Crippen molar-refractivity contribution in [2.45, 2.75) is 31.5 Å². The van der Waals surface area contributed by atoms with Crippen LogP contribution in [0.15, 0.2) is 12.1 Å². The first-order chi connectivity index (χ1) is 11.1. The fraction of sp³-hybridized carbons (Fsp3) is 0.625. The summed E-state index contributed by atoms with van der Waals surface area (Å²) in [5.74, 6) is -3.76. The molecular weight excluding hydrogens is 351 g/mol. The van der Waals surface area contributed by atoms with Gasteiger partial charge in [0.05, 0.1) is 13.2 Å². The zero-order valence-corrected chi connectivity index (χ0v) is 14.4. The third kappa shape index (κ3) is 3.35. The molecule has 0 aromatic heterocycles. The summed E-state index contributed by atoms with van der Waals surface area (Å²) >= 11 is 1.46. The van der Waals surface area contributed by atoms with Gasteiger partial charge in [0.2, 0.25) is 5.82 Å². The number of alkyl halides is 3. The molecule has 0 bridgehead atoms. The smallest absolute Gasteiger partial charge is 0.417 e. The van der Waals surface area contributed by atoms with E-state index in [4.69, 9.17) is 9.47 Å². The van der Waals surface area contributed by atoms with Crippen molar-refractivity contribution in [3.63, 3.8) is 0 Å². The summed E-state index contributed by atoms with van der Waals surface area (Å²) in [4.78, 5) is 0. The Labute approximate surface area is 141 Å². The van der Waals surface area contributed by atoms with Crippen LogP contribution in [0.2, 0.25) is 0 Å². The lowest BCUT2D eigenvalue weighted by Crippen LogP contribution is -2.46. The van der Waals surface area contributed by atoms with Crippen molar-refractivity contribution >= 4 is 11.8 Å². The van der Waals surface area contributed by atoms with Crippen molar-refractivity contribution < 1.29 is 31.4 Å². The van der Waals surface area contributed by atoms with E-state index < -0.39 is 35.2 Å². The number of hydrogen-bond donors (Lipinski definition) is 0. The van der Waals surface area contributed by atoms with Gasteiger partial charge in [-0.25, -0.2) is 4.39 Å². The molecule has 0 saturated carbocycles. The van der Waals surface area contributed by atoms with E-state index in [0.717, 1.165) is 13.0 Å². The van der Waals surface area contributed by atoms with Crippen LogP contribution in [0.4, 0.5) is 22.0 Å². The Morgan fingerprint density at radius 2 is 2.00 bits per heavy atom. The maximum atomic E-state index is 14.1. The lowest BCUT2D eigenvalue weighted by atomic mass is 9.79. The van der Waals surface area contributed by atoms with Crippen LogP contribution in [-0.2, 0) is 4.74 Å². The van der Waals surface area contributed by atoms with E-state index >= 15 is 0 Å². The van der Waals surface area contributed by atoms with E-state index in [1.807, 2.05) is 6.26 Å². The fourth-order valence-electron chi connectivity index (χ4n) is 2.83. The van der Waals surface area contributed by atoms with Gasteiger partial charge < -0.3 is 9.47 Å². The molecule has 0 spiro atoms. The molecule has 0 unspecified atom stereocenters. The molecular formula is C16H19F5O2S. The van der Waals surface area contributed by atoms with Gasteiger partial charge in [-0.05, 0) is 19.2 Å².